The Bertz CT molecular complexity index is 1340. The molecule has 0 aliphatic carbocycles. The number of carbonyl (C=O) groups is 3. The lowest BCUT2D eigenvalue weighted by Gasteiger charge is -2.25. The Morgan fingerprint density at radius 2 is 1.56 bits per heavy atom. The van der Waals surface area contributed by atoms with Gasteiger partial charge in [0.15, 0.2) is 0 Å². The molecule has 1 aliphatic heterocycles. The van der Waals surface area contributed by atoms with Crippen LogP contribution in [0.15, 0.2) is 78.4 Å². The monoisotopic (exact) mass is 485 g/mol. The summed E-state index contributed by atoms with van der Waals surface area (Å²) in [5, 5.41) is 11.4. The Hall–Kier alpha value is -4.39. The fourth-order valence-electron chi connectivity index (χ4n) is 4.41. The van der Waals surface area contributed by atoms with E-state index in [2.05, 4.69) is 0 Å². The van der Waals surface area contributed by atoms with Gasteiger partial charge in [-0.1, -0.05) is 44.2 Å². The highest BCUT2D eigenvalue weighted by molar-refractivity contribution is 6.51. The van der Waals surface area contributed by atoms with Crippen molar-refractivity contribution in [3.05, 3.63) is 101 Å². The van der Waals surface area contributed by atoms with Crippen molar-refractivity contribution in [2.24, 2.45) is 0 Å². The maximum atomic E-state index is 13.3. The Kier molecular flexibility index (Phi) is 6.92. The molecular formula is C29H27NO6. The van der Waals surface area contributed by atoms with Gasteiger partial charge in [0.2, 0.25) is 0 Å². The molecule has 0 spiro atoms. The SMILES string of the molecule is COC(=O)c1ccc(N2C(=O)C(=O)/C(=C(\O)c3ccc(OC)c(C(C)C)c3)C2c2ccccc2)cc1. The van der Waals surface area contributed by atoms with E-state index in [0.717, 1.165) is 5.56 Å². The second-order valence-electron chi connectivity index (χ2n) is 8.73. The van der Waals surface area contributed by atoms with Crippen molar-refractivity contribution in [1.82, 2.24) is 0 Å². The fraction of sp³-hybridized carbons (Fsp3) is 0.207. The summed E-state index contributed by atoms with van der Waals surface area (Å²) >= 11 is 0. The van der Waals surface area contributed by atoms with Crippen LogP contribution in [0.2, 0.25) is 0 Å². The number of rotatable bonds is 6. The van der Waals surface area contributed by atoms with Crippen LogP contribution in [0, 0.1) is 0 Å². The lowest BCUT2D eigenvalue weighted by Crippen LogP contribution is -2.29. The molecular weight excluding hydrogens is 458 g/mol. The quantitative estimate of drug-likeness (QED) is 0.222. The summed E-state index contributed by atoms with van der Waals surface area (Å²) < 4.78 is 10.2. The van der Waals surface area contributed by atoms with E-state index in [1.54, 1.807) is 61.7 Å². The maximum Gasteiger partial charge on any atom is 0.337 e. The zero-order chi connectivity index (χ0) is 26.0. The Morgan fingerprint density at radius 3 is 2.14 bits per heavy atom. The van der Waals surface area contributed by atoms with E-state index in [1.807, 2.05) is 19.9 Å². The normalized spacial score (nSPS) is 16.9. The number of benzene rings is 3. The van der Waals surface area contributed by atoms with Gasteiger partial charge in [-0.25, -0.2) is 4.79 Å². The van der Waals surface area contributed by atoms with Gasteiger partial charge in [-0.05, 0) is 59.5 Å². The van der Waals surface area contributed by atoms with Crippen LogP contribution in [0.25, 0.3) is 5.76 Å². The first-order valence-electron chi connectivity index (χ1n) is 11.5. The van der Waals surface area contributed by atoms with Crippen molar-refractivity contribution in [3.63, 3.8) is 0 Å². The Balaban J connectivity index is 1.89. The summed E-state index contributed by atoms with van der Waals surface area (Å²) in [6, 6.07) is 19.6. The Morgan fingerprint density at radius 1 is 0.917 bits per heavy atom. The number of aliphatic hydroxyl groups is 1. The number of aliphatic hydroxyl groups excluding tert-OH is 1. The third-order valence-corrected chi connectivity index (χ3v) is 6.25. The smallest absolute Gasteiger partial charge is 0.337 e. The number of hydrogen-bond acceptors (Lipinski definition) is 6. The zero-order valence-corrected chi connectivity index (χ0v) is 20.5. The number of methoxy groups -OCH3 is 2. The molecule has 0 saturated carbocycles. The van der Waals surface area contributed by atoms with Crippen LogP contribution in [-0.2, 0) is 14.3 Å². The van der Waals surface area contributed by atoms with Crippen LogP contribution in [0.1, 0.15) is 52.9 Å². The molecule has 7 nitrogen and oxygen atoms in total. The van der Waals surface area contributed by atoms with Crippen molar-refractivity contribution < 1.29 is 29.0 Å². The van der Waals surface area contributed by atoms with Crippen molar-refractivity contribution in [2.75, 3.05) is 19.1 Å². The van der Waals surface area contributed by atoms with Crippen molar-refractivity contribution in [2.45, 2.75) is 25.8 Å². The molecule has 1 fully saturated rings. The van der Waals surface area contributed by atoms with Gasteiger partial charge >= 0.3 is 5.97 Å². The maximum absolute atomic E-state index is 13.3. The number of esters is 1. The molecule has 1 N–H and O–H groups in total. The molecule has 0 radical (unpaired) electrons. The molecule has 1 unspecified atom stereocenters. The first kappa shape index (κ1) is 24.7. The molecule has 4 rings (SSSR count). The van der Waals surface area contributed by atoms with Gasteiger partial charge in [0.05, 0.1) is 31.4 Å². The lowest BCUT2D eigenvalue weighted by atomic mass is 9.93. The number of ketones is 1. The van der Waals surface area contributed by atoms with E-state index in [-0.39, 0.29) is 17.3 Å². The van der Waals surface area contributed by atoms with Crippen molar-refractivity contribution in [1.29, 1.82) is 0 Å². The minimum atomic E-state index is -0.861. The third-order valence-electron chi connectivity index (χ3n) is 6.25. The molecule has 184 valence electrons. The van der Waals surface area contributed by atoms with Gasteiger partial charge in [0.1, 0.15) is 11.5 Å². The average molecular weight is 486 g/mol. The molecule has 7 heteroatoms. The highest BCUT2D eigenvalue weighted by Crippen LogP contribution is 2.42. The van der Waals surface area contributed by atoms with E-state index in [9.17, 15) is 19.5 Å². The number of hydrogen-bond donors (Lipinski definition) is 1. The van der Waals surface area contributed by atoms with E-state index < -0.39 is 23.7 Å². The Labute approximate surface area is 209 Å². The number of ether oxygens (including phenoxy) is 2. The first-order chi connectivity index (χ1) is 17.3. The number of Topliss-reactive ketones (excluding diaryl/α,β-unsaturated/α-hetero) is 1. The first-order valence-corrected chi connectivity index (χ1v) is 11.5. The van der Waals surface area contributed by atoms with Gasteiger partial charge < -0.3 is 14.6 Å². The van der Waals surface area contributed by atoms with Crippen LogP contribution in [0.4, 0.5) is 5.69 Å². The average Bonchev–Trinajstić information content (AvgIpc) is 3.18. The minimum Gasteiger partial charge on any atom is -0.507 e. The molecule has 1 saturated heterocycles. The van der Waals surface area contributed by atoms with E-state index in [1.165, 1.54) is 24.1 Å². The molecule has 1 heterocycles. The van der Waals surface area contributed by atoms with Gasteiger partial charge in [0.25, 0.3) is 11.7 Å². The number of nitrogens with zero attached hydrogens (tertiary/aromatic N) is 1. The van der Waals surface area contributed by atoms with Crippen molar-refractivity contribution in [3.8, 4) is 5.75 Å². The molecule has 1 amide bonds. The van der Waals surface area contributed by atoms with Gasteiger partial charge in [-0.15, -0.1) is 0 Å². The van der Waals surface area contributed by atoms with Crippen LogP contribution in [-0.4, -0.2) is 37.0 Å². The lowest BCUT2D eigenvalue weighted by molar-refractivity contribution is -0.132. The highest BCUT2D eigenvalue weighted by Gasteiger charge is 2.47. The topological polar surface area (TPSA) is 93.1 Å². The molecule has 3 aromatic rings. The molecule has 0 aromatic heterocycles. The summed E-state index contributed by atoms with van der Waals surface area (Å²) in [6.45, 7) is 4.01. The zero-order valence-electron chi connectivity index (χ0n) is 20.5. The number of carbonyl (C=O) groups excluding carboxylic acids is 3. The minimum absolute atomic E-state index is 0.0110. The summed E-state index contributed by atoms with van der Waals surface area (Å²) in [6.07, 6.45) is 0. The molecule has 1 aliphatic rings. The van der Waals surface area contributed by atoms with Gasteiger partial charge in [-0.3, -0.25) is 14.5 Å². The molecule has 3 aromatic carbocycles. The summed E-state index contributed by atoms with van der Waals surface area (Å²) in [7, 11) is 2.86. The van der Waals surface area contributed by atoms with Crippen LogP contribution >= 0.6 is 0 Å². The van der Waals surface area contributed by atoms with E-state index in [4.69, 9.17) is 9.47 Å². The summed E-state index contributed by atoms with van der Waals surface area (Å²) in [5.74, 6) is -1.56. The van der Waals surface area contributed by atoms with Gasteiger partial charge in [-0.2, -0.15) is 0 Å². The van der Waals surface area contributed by atoms with E-state index >= 15 is 0 Å². The summed E-state index contributed by atoms with van der Waals surface area (Å²) in [4.78, 5) is 39.9. The van der Waals surface area contributed by atoms with Crippen LogP contribution in [0.5, 0.6) is 5.75 Å². The van der Waals surface area contributed by atoms with Gasteiger partial charge in [0, 0.05) is 11.3 Å². The standard InChI is InChI=1S/C29H27NO6/c1-17(2)22-16-20(12-15-23(22)35-3)26(31)24-25(18-8-6-5-7-9-18)30(28(33)27(24)32)21-13-10-19(11-14-21)29(34)36-4/h5-17,25,31H,1-4H3/b26-24-. The molecule has 0 bridgehead atoms. The summed E-state index contributed by atoms with van der Waals surface area (Å²) in [5.41, 5.74) is 2.66. The predicted octanol–water partition coefficient (Wildman–Crippen LogP) is 5.23. The predicted molar refractivity (Wildman–Crippen MR) is 136 cm³/mol. The second kappa shape index (κ2) is 10.1. The third kappa shape index (κ3) is 4.35. The second-order valence-corrected chi connectivity index (χ2v) is 8.73. The largest absolute Gasteiger partial charge is 0.507 e. The fourth-order valence-corrected chi connectivity index (χ4v) is 4.41. The van der Waals surface area contributed by atoms with Crippen molar-refractivity contribution >= 4 is 29.1 Å². The number of amides is 1. The molecule has 1 atom stereocenters. The van der Waals surface area contributed by atoms with E-state index in [0.29, 0.717) is 28.1 Å². The highest BCUT2D eigenvalue weighted by atomic mass is 16.5. The van der Waals surface area contributed by atoms with Crippen LogP contribution in [0.3, 0.4) is 0 Å². The number of anilines is 1. The molecule has 36 heavy (non-hydrogen) atoms. The van der Waals surface area contributed by atoms with Crippen LogP contribution < -0.4 is 9.64 Å².